The first-order valence-electron chi connectivity index (χ1n) is 11.1. The van der Waals surface area contributed by atoms with Gasteiger partial charge in [-0.3, -0.25) is 14.5 Å². The van der Waals surface area contributed by atoms with Crippen LogP contribution >= 0.6 is 35.3 Å². The number of carbonyl (C=O) groups excluding carboxylic acids is 2. The first-order valence-corrected chi connectivity index (χ1v) is 13.2. The van der Waals surface area contributed by atoms with E-state index in [0.29, 0.717) is 30.8 Å². The second-order valence-electron chi connectivity index (χ2n) is 7.92. The third-order valence-electron chi connectivity index (χ3n) is 5.57. The highest BCUT2D eigenvalue weighted by molar-refractivity contribution is 8.26. The molecule has 1 aliphatic rings. The molecule has 0 bridgehead atoms. The number of carbonyl (C=O) groups is 2. The second kappa shape index (κ2) is 10.7. The summed E-state index contributed by atoms with van der Waals surface area (Å²) in [7, 11) is 1.57. The number of thioether (sulfide) groups is 1. The minimum atomic E-state index is -0.536. The lowest BCUT2D eigenvalue weighted by molar-refractivity contribution is -0.134. The zero-order valence-electron chi connectivity index (χ0n) is 19.5. The van der Waals surface area contributed by atoms with Crippen LogP contribution in [0.25, 0.3) is 27.5 Å². The van der Waals surface area contributed by atoms with Gasteiger partial charge in [0.15, 0.2) is 0 Å². The Morgan fingerprint density at radius 1 is 1.05 bits per heavy atom. The first kappa shape index (κ1) is 24.9. The normalized spacial score (nSPS) is 14.5. The summed E-state index contributed by atoms with van der Waals surface area (Å²) in [5, 5.41) is 0. The third-order valence-corrected chi connectivity index (χ3v) is 7.81. The topological polar surface area (TPSA) is 86.1 Å². The third kappa shape index (κ3) is 5.36. The molecule has 1 fully saturated rings. The smallest absolute Gasteiger partial charge is 0.396 e. The molecule has 2 heterocycles. The van der Waals surface area contributed by atoms with E-state index in [9.17, 15) is 14.4 Å². The molecule has 3 aromatic carbocycles. The fourth-order valence-corrected chi connectivity index (χ4v) is 5.94. The Bertz CT molecular complexity index is 1590. The average molecular weight is 550 g/mol. The molecule has 1 saturated heterocycles. The summed E-state index contributed by atoms with van der Waals surface area (Å²) in [4.78, 5) is 39.1. The van der Waals surface area contributed by atoms with Crippen molar-refractivity contribution in [2.75, 3.05) is 13.7 Å². The van der Waals surface area contributed by atoms with Gasteiger partial charge in [0.1, 0.15) is 21.4 Å². The number of thiocarbonyl (C=S) groups is 1. The van der Waals surface area contributed by atoms with Crippen molar-refractivity contribution in [1.29, 1.82) is 0 Å². The average Bonchev–Trinajstić information content (AvgIpc) is 3.41. The summed E-state index contributed by atoms with van der Waals surface area (Å²) in [6.45, 7) is 0.0921. The van der Waals surface area contributed by atoms with E-state index in [4.69, 9.17) is 26.1 Å². The SMILES string of the molecule is COc1ccc(-c2c(OC(=O)CCN3C(=O)C(=Cc4ccccc4)SC3=S)ccc3oc(=O)sc23)cc1. The van der Waals surface area contributed by atoms with Crippen molar-refractivity contribution in [2.45, 2.75) is 6.42 Å². The van der Waals surface area contributed by atoms with Gasteiger partial charge >= 0.3 is 10.9 Å². The Morgan fingerprint density at radius 2 is 1.81 bits per heavy atom. The van der Waals surface area contributed by atoms with E-state index < -0.39 is 10.9 Å². The lowest BCUT2D eigenvalue weighted by atomic mass is 10.0. The Morgan fingerprint density at radius 3 is 2.54 bits per heavy atom. The Labute approximate surface area is 225 Å². The highest BCUT2D eigenvalue weighted by atomic mass is 32.2. The van der Waals surface area contributed by atoms with Crippen molar-refractivity contribution < 1.29 is 23.5 Å². The summed E-state index contributed by atoms with van der Waals surface area (Å²) in [5.74, 6) is 0.176. The molecule has 0 radical (unpaired) electrons. The summed E-state index contributed by atoms with van der Waals surface area (Å²) < 4.78 is 17.2. The van der Waals surface area contributed by atoms with Crippen LogP contribution < -0.4 is 14.4 Å². The molecule has 0 spiro atoms. The summed E-state index contributed by atoms with van der Waals surface area (Å²) in [6, 6.07) is 19.9. The minimum absolute atomic E-state index is 0.0627. The number of fused-ring (bicyclic) bond motifs is 1. The van der Waals surface area contributed by atoms with Gasteiger partial charge in [0.2, 0.25) is 0 Å². The van der Waals surface area contributed by atoms with Crippen LogP contribution in [0.5, 0.6) is 11.5 Å². The molecular weight excluding hydrogens is 530 g/mol. The molecule has 10 heteroatoms. The standard InChI is InChI=1S/C27H19NO6S3/c1-32-18-9-7-17(8-10-18)23-19(11-12-20-24(23)37-27(31)34-20)33-22(29)13-14-28-25(30)21(36-26(28)35)15-16-5-3-2-4-6-16/h2-12,15H,13-14H2,1H3. The molecule has 0 aliphatic carbocycles. The number of esters is 1. The van der Waals surface area contributed by atoms with Crippen LogP contribution in [0.4, 0.5) is 0 Å². The molecule has 37 heavy (non-hydrogen) atoms. The molecule has 5 rings (SSSR count). The summed E-state index contributed by atoms with van der Waals surface area (Å²) in [6.07, 6.45) is 1.72. The number of benzene rings is 3. The van der Waals surface area contributed by atoms with Gasteiger partial charge < -0.3 is 13.9 Å². The number of hydrogen-bond acceptors (Lipinski definition) is 9. The molecule has 1 aromatic heterocycles. The van der Waals surface area contributed by atoms with Crippen LogP contribution in [0, 0.1) is 0 Å². The molecule has 4 aromatic rings. The quantitative estimate of drug-likeness (QED) is 0.125. The van der Waals surface area contributed by atoms with Gasteiger partial charge in [0.25, 0.3) is 5.91 Å². The van der Waals surface area contributed by atoms with Gasteiger partial charge in [-0.1, -0.05) is 77.8 Å². The molecule has 1 aliphatic heterocycles. The summed E-state index contributed by atoms with van der Waals surface area (Å²) in [5.41, 5.74) is 2.60. The Kier molecular flexibility index (Phi) is 7.22. The van der Waals surface area contributed by atoms with Crippen molar-refractivity contribution in [3.8, 4) is 22.6 Å². The first-order chi connectivity index (χ1) is 17.9. The monoisotopic (exact) mass is 549 g/mol. The zero-order chi connectivity index (χ0) is 25.9. The van der Waals surface area contributed by atoms with E-state index in [1.54, 1.807) is 37.5 Å². The molecule has 0 saturated carbocycles. The lowest BCUT2D eigenvalue weighted by Gasteiger charge is -2.15. The van der Waals surface area contributed by atoms with Crippen molar-refractivity contribution >= 4 is 67.9 Å². The largest absolute Gasteiger partial charge is 0.497 e. The molecular formula is C27H19NO6S3. The van der Waals surface area contributed by atoms with E-state index >= 15 is 0 Å². The fraction of sp³-hybridized carbons (Fsp3) is 0.111. The molecule has 0 N–H and O–H groups in total. The lowest BCUT2D eigenvalue weighted by Crippen LogP contribution is -2.31. The van der Waals surface area contributed by atoms with Crippen LogP contribution in [0.3, 0.4) is 0 Å². The van der Waals surface area contributed by atoms with Crippen LogP contribution in [-0.4, -0.2) is 34.8 Å². The van der Waals surface area contributed by atoms with E-state index in [0.717, 1.165) is 22.5 Å². The number of hydrogen-bond donors (Lipinski definition) is 0. The van der Waals surface area contributed by atoms with Crippen LogP contribution in [0.2, 0.25) is 0 Å². The minimum Gasteiger partial charge on any atom is -0.497 e. The van der Waals surface area contributed by atoms with Crippen molar-refractivity contribution in [3.05, 3.63) is 86.9 Å². The van der Waals surface area contributed by atoms with Gasteiger partial charge in [-0.15, -0.1) is 0 Å². The molecule has 186 valence electrons. The van der Waals surface area contributed by atoms with Crippen LogP contribution in [-0.2, 0) is 9.59 Å². The number of methoxy groups -OCH3 is 1. The number of nitrogens with zero attached hydrogens (tertiary/aromatic N) is 1. The van der Waals surface area contributed by atoms with Gasteiger partial charge in [-0.2, -0.15) is 0 Å². The van der Waals surface area contributed by atoms with Crippen LogP contribution in [0.15, 0.2) is 80.8 Å². The van der Waals surface area contributed by atoms with E-state index in [1.807, 2.05) is 42.5 Å². The Hall–Kier alpha value is -3.73. The van der Waals surface area contributed by atoms with Crippen molar-refractivity contribution in [3.63, 3.8) is 0 Å². The molecule has 7 nitrogen and oxygen atoms in total. The zero-order valence-corrected chi connectivity index (χ0v) is 21.9. The maximum absolute atomic E-state index is 12.9. The van der Waals surface area contributed by atoms with Crippen molar-refractivity contribution in [1.82, 2.24) is 4.90 Å². The highest BCUT2D eigenvalue weighted by Crippen LogP contribution is 2.39. The maximum atomic E-state index is 12.9. The van der Waals surface area contributed by atoms with Gasteiger partial charge in [-0.25, -0.2) is 4.79 Å². The van der Waals surface area contributed by atoms with E-state index in [1.165, 1.54) is 16.7 Å². The number of ether oxygens (including phenoxy) is 2. The van der Waals surface area contributed by atoms with Gasteiger partial charge in [-0.05, 0) is 41.5 Å². The maximum Gasteiger partial charge on any atom is 0.396 e. The molecule has 1 amide bonds. The van der Waals surface area contributed by atoms with Crippen LogP contribution in [0.1, 0.15) is 12.0 Å². The molecule has 0 unspecified atom stereocenters. The number of amides is 1. The van der Waals surface area contributed by atoms with Gasteiger partial charge in [0.05, 0.1) is 23.1 Å². The van der Waals surface area contributed by atoms with E-state index in [2.05, 4.69) is 0 Å². The highest BCUT2D eigenvalue weighted by Gasteiger charge is 2.32. The second-order valence-corrected chi connectivity index (χ2v) is 10.5. The number of rotatable bonds is 7. The predicted molar refractivity (Wildman–Crippen MR) is 149 cm³/mol. The van der Waals surface area contributed by atoms with E-state index in [-0.39, 0.29) is 24.6 Å². The predicted octanol–water partition coefficient (Wildman–Crippen LogP) is 5.73. The van der Waals surface area contributed by atoms with Gasteiger partial charge in [0, 0.05) is 12.1 Å². The fourth-order valence-electron chi connectivity index (χ4n) is 3.81. The van der Waals surface area contributed by atoms with Crippen molar-refractivity contribution in [2.24, 2.45) is 0 Å². The Balaban J connectivity index is 1.34. The summed E-state index contributed by atoms with van der Waals surface area (Å²) >= 11 is 7.52. The molecule has 0 atom stereocenters.